The number of benzene rings is 1. The molecular weight excluding hydrogens is 225 g/mol. The third kappa shape index (κ3) is 5.18. The lowest BCUT2D eigenvalue weighted by Gasteiger charge is -2.15. The van der Waals surface area contributed by atoms with E-state index in [4.69, 9.17) is 0 Å². The van der Waals surface area contributed by atoms with E-state index in [0.29, 0.717) is 5.56 Å². The summed E-state index contributed by atoms with van der Waals surface area (Å²) in [5, 5.41) is 3.44. The van der Waals surface area contributed by atoms with Gasteiger partial charge in [0, 0.05) is 6.54 Å². The Morgan fingerprint density at radius 2 is 2.06 bits per heavy atom. The Hall–Kier alpha value is -0.890. The van der Waals surface area contributed by atoms with Crippen LogP contribution in [0.5, 0.6) is 0 Å². The zero-order valence-electron chi connectivity index (χ0n) is 11.9. The number of hydrogen-bond donors (Lipinski definition) is 1. The molecule has 0 fully saturated rings. The Morgan fingerprint density at radius 1 is 1.28 bits per heavy atom. The largest absolute Gasteiger partial charge is 0.312 e. The highest BCUT2D eigenvalue weighted by Crippen LogP contribution is 2.12. The van der Waals surface area contributed by atoms with E-state index >= 15 is 0 Å². The van der Waals surface area contributed by atoms with Crippen LogP contribution < -0.4 is 5.32 Å². The summed E-state index contributed by atoms with van der Waals surface area (Å²) in [4.78, 5) is 0. The fourth-order valence-corrected chi connectivity index (χ4v) is 2.11. The summed E-state index contributed by atoms with van der Waals surface area (Å²) in [6.07, 6.45) is 5.08. The molecule has 18 heavy (non-hydrogen) atoms. The second kappa shape index (κ2) is 8.25. The normalized spacial score (nSPS) is 12.7. The van der Waals surface area contributed by atoms with Crippen molar-refractivity contribution in [1.82, 2.24) is 5.32 Å². The molecule has 1 atom stereocenters. The van der Waals surface area contributed by atoms with E-state index in [1.165, 1.54) is 25.7 Å². The van der Waals surface area contributed by atoms with Crippen LogP contribution in [0.25, 0.3) is 0 Å². The van der Waals surface area contributed by atoms with E-state index in [9.17, 15) is 4.39 Å². The minimum absolute atomic E-state index is 0.104. The van der Waals surface area contributed by atoms with Crippen molar-refractivity contribution in [2.75, 3.05) is 6.54 Å². The first kappa shape index (κ1) is 15.2. The Morgan fingerprint density at radius 3 is 2.67 bits per heavy atom. The van der Waals surface area contributed by atoms with Gasteiger partial charge in [-0.3, -0.25) is 0 Å². The highest BCUT2D eigenvalue weighted by Gasteiger charge is 2.05. The summed E-state index contributed by atoms with van der Waals surface area (Å²) in [7, 11) is 0. The molecule has 1 N–H and O–H groups in total. The van der Waals surface area contributed by atoms with E-state index < -0.39 is 0 Å². The van der Waals surface area contributed by atoms with E-state index in [2.05, 4.69) is 19.2 Å². The smallest absolute Gasteiger partial charge is 0.126 e. The summed E-state index contributed by atoms with van der Waals surface area (Å²) in [5.41, 5.74) is 1.75. The molecule has 102 valence electrons. The first-order chi connectivity index (χ1) is 8.67. The van der Waals surface area contributed by atoms with Gasteiger partial charge in [0.15, 0.2) is 0 Å². The molecule has 0 saturated carbocycles. The maximum atomic E-state index is 13.4. The first-order valence-electron chi connectivity index (χ1n) is 7.13. The van der Waals surface area contributed by atoms with E-state index in [1.54, 1.807) is 13.0 Å². The second-order valence-corrected chi connectivity index (χ2v) is 5.13. The molecule has 0 aliphatic rings. The molecule has 1 unspecified atom stereocenters. The van der Waals surface area contributed by atoms with Crippen molar-refractivity contribution in [2.45, 2.75) is 53.0 Å². The summed E-state index contributed by atoms with van der Waals surface area (Å²) in [5.74, 6) is 0.646. The summed E-state index contributed by atoms with van der Waals surface area (Å²) in [6, 6.07) is 5.48. The predicted octanol–water partition coefficient (Wildman–Crippen LogP) is 4.44. The molecule has 1 rings (SSSR count). The molecule has 1 nitrogen and oxygen atoms in total. The van der Waals surface area contributed by atoms with Gasteiger partial charge in [-0.15, -0.1) is 0 Å². The monoisotopic (exact) mass is 251 g/mol. The third-order valence-corrected chi connectivity index (χ3v) is 3.54. The maximum Gasteiger partial charge on any atom is 0.126 e. The van der Waals surface area contributed by atoms with Crippen LogP contribution in [0.1, 0.15) is 50.7 Å². The molecule has 0 radical (unpaired) electrons. The summed E-state index contributed by atoms with van der Waals surface area (Å²) < 4.78 is 13.4. The van der Waals surface area contributed by atoms with Gasteiger partial charge < -0.3 is 5.32 Å². The van der Waals surface area contributed by atoms with Crippen molar-refractivity contribution in [3.8, 4) is 0 Å². The molecule has 1 aromatic rings. The van der Waals surface area contributed by atoms with Crippen LogP contribution in [0, 0.1) is 18.7 Å². The molecule has 0 saturated heterocycles. The quantitative estimate of drug-likeness (QED) is 0.720. The zero-order chi connectivity index (χ0) is 13.4. The molecule has 0 aromatic heterocycles. The number of nitrogens with one attached hydrogen (secondary N) is 1. The molecule has 0 aliphatic heterocycles. The predicted molar refractivity (Wildman–Crippen MR) is 76.1 cm³/mol. The Bertz CT molecular complexity index is 349. The lowest BCUT2D eigenvalue weighted by Crippen LogP contribution is -2.22. The van der Waals surface area contributed by atoms with Crippen LogP contribution in [0.15, 0.2) is 18.2 Å². The lowest BCUT2D eigenvalue weighted by molar-refractivity contribution is 0.419. The van der Waals surface area contributed by atoms with E-state index in [-0.39, 0.29) is 5.82 Å². The molecule has 1 aromatic carbocycles. The van der Waals surface area contributed by atoms with Crippen LogP contribution in [-0.4, -0.2) is 6.54 Å². The number of hydrogen-bond acceptors (Lipinski definition) is 1. The van der Waals surface area contributed by atoms with Gasteiger partial charge in [0.1, 0.15) is 5.82 Å². The Kier molecular flexibility index (Phi) is 6.96. The Labute approximate surface area is 111 Å². The lowest BCUT2D eigenvalue weighted by atomic mass is 9.99. The highest BCUT2D eigenvalue weighted by atomic mass is 19.1. The van der Waals surface area contributed by atoms with Crippen molar-refractivity contribution in [1.29, 1.82) is 0 Å². The second-order valence-electron chi connectivity index (χ2n) is 5.13. The average Bonchev–Trinajstić information content (AvgIpc) is 2.37. The number of aryl methyl sites for hydroxylation is 1. The zero-order valence-corrected chi connectivity index (χ0v) is 11.9. The van der Waals surface area contributed by atoms with Gasteiger partial charge >= 0.3 is 0 Å². The van der Waals surface area contributed by atoms with Gasteiger partial charge in [0.25, 0.3) is 0 Å². The van der Waals surface area contributed by atoms with Gasteiger partial charge in [-0.1, -0.05) is 45.2 Å². The van der Waals surface area contributed by atoms with Gasteiger partial charge in [0.05, 0.1) is 0 Å². The van der Waals surface area contributed by atoms with Gasteiger partial charge in [0.2, 0.25) is 0 Å². The van der Waals surface area contributed by atoms with Crippen LogP contribution in [-0.2, 0) is 6.54 Å². The van der Waals surface area contributed by atoms with Crippen molar-refractivity contribution >= 4 is 0 Å². The fourth-order valence-electron chi connectivity index (χ4n) is 2.11. The standard InChI is InChI=1S/C16H26FN/c1-4-6-7-14(5-2)11-18-12-15-9-8-13(3)16(17)10-15/h8-10,14,18H,4-7,11-12H2,1-3H3. The SMILES string of the molecule is CCCCC(CC)CNCc1ccc(C)c(F)c1. The summed E-state index contributed by atoms with van der Waals surface area (Å²) >= 11 is 0. The summed E-state index contributed by atoms with van der Waals surface area (Å²) in [6.45, 7) is 8.07. The van der Waals surface area contributed by atoms with Gasteiger partial charge in [-0.05, 0) is 43.0 Å². The topological polar surface area (TPSA) is 12.0 Å². The van der Waals surface area contributed by atoms with Crippen molar-refractivity contribution in [3.05, 3.63) is 35.1 Å². The number of unbranched alkanes of at least 4 members (excludes halogenated alkanes) is 1. The minimum Gasteiger partial charge on any atom is -0.312 e. The van der Waals surface area contributed by atoms with Crippen LogP contribution in [0.2, 0.25) is 0 Å². The Balaban J connectivity index is 2.33. The molecule has 0 amide bonds. The maximum absolute atomic E-state index is 13.4. The van der Waals surface area contributed by atoms with Crippen molar-refractivity contribution in [2.24, 2.45) is 5.92 Å². The fraction of sp³-hybridized carbons (Fsp3) is 0.625. The third-order valence-electron chi connectivity index (χ3n) is 3.54. The molecule has 0 spiro atoms. The van der Waals surface area contributed by atoms with E-state index in [0.717, 1.165) is 24.6 Å². The highest BCUT2D eigenvalue weighted by molar-refractivity contribution is 5.23. The number of halogens is 1. The molecule has 0 heterocycles. The van der Waals surface area contributed by atoms with Gasteiger partial charge in [-0.25, -0.2) is 4.39 Å². The average molecular weight is 251 g/mol. The van der Waals surface area contributed by atoms with Gasteiger partial charge in [-0.2, -0.15) is 0 Å². The van der Waals surface area contributed by atoms with Crippen molar-refractivity contribution < 1.29 is 4.39 Å². The molecule has 0 aliphatic carbocycles. The van der Waals surface area contributed by atoms with Crippen LogP contribution >= 0.6 is 0 Å². The van der Waals surface area contributed by atoms with Crippen molar-refractivity contribution in [3.63, 3.8) is 0 Å². The van der Waals surface area contributed by atoms with Crippen LogP contribution in [0.3, 0.4) is 0 Å². The molecule has 0 bridgehead atoms. The first-order valence-corrected chi connectivity index (χ1v) is 7.13. The van der Waals surface area contributed by atoms with Crippen LogP contribution in [0.4, 0.5) is 4.39 Å². The van der Waals surface area contributed by atoms with E-state index in [1.807, 2.05) is 12.1 Å². The molecule has 2 heteroatoms. The number of rotatable bonds is 8. The molecular formula is C16H26FN. The minimum atomic E-state index is -0.104.